The maximum absolute atomic E-state index is 12.3. The van der Waals surface area contributed by atoms with Gasteiger partial charge in [-0.15, -0.1) is 0 Å². The lowest BCUT2D eigenvalue weighted by atomic mass is 10.1. The van der Waals surface area contributed by atoms with E-state index in [0.29, 0.717) is 19.5 Å². The van der Waals surface area contributed by atoms with Crippen LogP contribution in [-0.4, -0.2) is 16.9 Å². The van der Waals surface area contributed by atoms with Gasteiger partial charge in [0.15, 0.2) is 0 Å². The van der Waals surface area contributed by atoms with Gasteiger partial charge in [0.1, 0.15) is 5.75 Å². The average Bonchev–Trinajstić information content (AvgIpc) is 2.55. The van der Waals surface area contributed by atoms with Crippen LogP contribution in [0.2, 0.25) is 0 Å². The zero-order chi connectivity index (χ0) is 15.9. The molecule has 0 aliphatic heterocycles. The highest BCUT2D eigenvalue weighted by Crippen LogP contribution is 2.15. The van der Waals surface area contributed by atoms with E-state index in [2.05, 4.69) is 10.4 Å². The molecule has 0 unspecified atom stereocenters. The van der Waals surface area contributed by atoms with Crippen LogP contribution in [0.25, 0.3) is 0 Å². The SMILES string of the molecule is CCCn1ncc(NCc2ccc(OC)cc2)c(CC)c1=O. The Bertz CT molecular complexity index is 663. The number of aryl methyl sites for hydroxylation is 1. The first-order valence-corrected chi connectivity index (χ1v) is 7.65. The van der Waals surface area contributed by atoms with Crippen LogP contribution in [0.5, 0.6) is 5.75 Å². The van der Waals surface area contributed by atoms with Crippen LogP contribution in [0.1, 0.15) is 31.4 Å². The quantitative estimate of drug-likeness (QED) is 0.854. The Morgan fingerprint density at radius 3 is 2.55 bits per heavy atom. The van der Waals surface area contributed by atoms with Gasteiger partial charge >= 0.3 is 0 Å². The van der Waals surface area contributed by atoms with Crippen molar-refractivity contribution >= 4 is 5.69 Å². The van der Waals surface area contributed by atoms with E-state index in [1.165, 1.54) is 4.68 Å². The van der Waals surface area contributed by atoms with Crippen molar-refractivity contribution in [1.82, 2.24) is 9.78 Å². The third-order valence-corrected chi connectivity index (χ3v) is 3.57. The Morgan fingerprint density at radius 1 is 1.23 bits per heavy atom. The summed E-state index contributed by atoms with van der Waals surface area (Å²) >= 11 is 0. The highest BCUT2D eigenvalue weighted by molar-refractivity contribution is 5.48. The molecule has 0 amide bonds. The van der Waals surface area contributed by atoms with E-state index in [-0.39, 0.29) is 5.56 Å². The fraction of sp³-hybridized carbons (Fsp3) is 0.412. The number of rotatable bonds is 7. The summed E-state index contributed by atoms with van der Waals surface area (Å²) in [6.45, 7) is 5.33. The molecule has 0 radical (unpaired) electrons. The van der Waals surface area contributed by atoms with Gasteiger partial charge in [0, 0.05) is 18.7 Å². The molecule has 1 heterocycles. The predicted molar refractivity (Wildman–Crippen MR) is 88.5 cm³/mol. The van der Waals surface area contributed by atoms with E-state index < -0.39 is 0 Å². The average molecular weight is 301 g/mol. The number of ether oxygens (including phenoxy) is 1. The third kappa shape index (κ3) is 3.67. The third-order valence-electron chi connectivity index (χ3n) is 3.57. The van der Waals surface area contributed by atoms with Crippen molar-refractivity contribution in [2.24, 2.45) is 0 Å². The lowest BCUT2D eigenvalue weighted by molar-refractivity contribution is 0.414. The number of hydrogen-bond donors (Lipinski definition) is 1. The molecule has 5 heteroatoms. The fourth-order valence-corrected chi connectivity index (χ4v) is 2.33. The molecule has 0 aliphatic rings. The standard InChI is InChI=1S/C17H23N3O2/c1-4-10-20-17(21)15(5-2)16(12-19-20)18-11-13-6-8-14(22-3)9-7-13/h6-9,12,18H,4-5,10-11H2,1-3H3. The summed E-state index contributed by atoms with van der Waals surface area (Å²) < 4.78 is 6.68. The molecule has 2 rings (SSSR count). The van der Waals surface area contributed by atoms with Crippen LogP contribution in [0.4, 0.5) is 5.69 Å². The van der Waals surface area contributed by atoms with E-state index in [0.717, 1.165) is 29.0 Å². The largest absolute Gasteiger partial charge is 0.497 e. The number of benzene rings is 1. The molecule has 1 aromatic carbocycles. The summed E-state index contributed by atoms with van der Waals surface area (Å²) in [5, 5.41) is 7.55. The number of hydrogen-bond acceptors (Lipinski definition) is 4. The number of nitrogens with zero attached hydrogens (tertiary/aromatic N) is 2. The minimum atomic E-state index is 0.00378. The second-order valence-electron chi connectivity index (χ2n) is 5.12. The van der Waals surface area contributed by atoms with Crippen LogP contribution >= 0.6 is 0 Å². The van der Waals surface area contributed by atoms with Gasteiger partial charge in [-0.25, -0.2) is 4.68 Å². The van der Waals surface area contributed by atoms with Crippen LogP contribution in [0, 0.1) is 0 Å². The minimum Gasteiger partial charge on any atom is -0.497 e. The maximum Gasteiger partial charge on any atom is 0.272 e. The van der Waals surface area contributed by atoms with Gasteiger partial charge in [-0.3, -0.25) is 4.79 Å². The molecule has 0 saturated heterocycles. The Hall–Kier alpha value is -2.30. The number of nitrogens with one attached hydrogen (secondary N) is 1. The van der Waals surface area contributed by atoms with Gasteiger partial charge in [-0.1, -0.05) is 26.0 Å². The Kier molecular flexibility index (Phi) is 5.58. The Morgan fingerprint density at radius 2 is 1.95 bits per heavy atom. The summed E-state index contributed by atoms with van der Waals surface area (Å²) in [6.07, 6.45) is 3.34. The summed E-state index contributed by atoms with van der Waals surface area (Å²) in [5.74, 6) is 0.835. The van der Waals surface area contributed by atoms with E-state index in [1.54, 1.807) is 13.3 Å². The van der Waals surface area contributed by atoms with Crippen LogP contribution < -0.4 is 15.6 Å². The Balaban J connectivity index is 2.14. The highest BCUT2D eigenvalue weighted by Gasteiger charge is 2.09. The van der Waals surface area contributed by atoms with Gasteiger partial charge in [0.25, 0.3) is 5.56 Å². The molecule has 0 aliphatic carbocycles. The number of methoxy groups -OCH3 is 1. The molecule has 0 saturated carbocycles. The van der Waals surface area contributed by atoms with E-state index in [1.807, 2.05) is 38.1 Å². The van der Waals surface area contributed by atoms with Crippen LogP contribution in [-0.2, 0) is 19.5 Å². The zero-order valence-corrected chi connectivity index (χ0v) is 13.4. The van der Waals surface area contributed by atoms with Crippen molar-refractivity contribution in [2.45, 2.75) is 39.8 Å². The first-order chi connectivity index (χ1) is 10.7. The number of aromatic nitrogens is 2. The second-order valence-corrected chi connectivity index (χ2v) is 5.12. The molecule has 118 valence electrons. The minimum absolute atomic E-state index is 0.00378. The van der Waals surface area contributed by atoms with Gasteiger partial charge in [-0.05, 0) is 30.5 Å². The fourth-order valence-electron chi connectivity index (χ4n) is 2.33. The van der Waals surface area contributed by atoms with E-state index in [4.69, 9.17) is 4.74 Å². The van der Waals surface area contributed by atoms with E-state index >= 15 is 0 Å². The van der Waals surface area contributed by atoms with Gasteiger partial charge in [0.05, 0.1) is 19.0 Å². The molecule has 0 fully saturated rings. The molecule has 22 heavy (non-hydrogen) atoms. The maximum atomic E-state index is 12.3. The predicted octanol–water partition coefficient (Wildman–Crippen LogP) is 2.84. The van der Waals surface area contributed by atoms with Gasteiger partial charge in [-0.2, -0.15) is 5.10 Å². The zero-order valence-electron chi connectivity index (χ0n) is 13.4. The number of anilines is 1. The summed E-state index contributed by atoms with van der Waals surface area (Å²) in [5.41, 5.74) is 2.73. The molecule has 5 nitrogen and oxygen atoms in total. The molecular formula is C17H23N3O2. The van der Waals surface area contributed by atoms with Crippen molar-refractivity contribution in [3.05, 3.63) is 51.9 Å². The smallest absolute Gasteiger partial charge is 0.272 e. The monoisotopic (exact) mass is 301 g/mol. The molecule has 1 N–H and O–H groups in total. The topological polar surface area (TPSA) is 56.1 Å². The highest BCUT2D eigenvalue weighted by atomic mass is 16.5. The first kappa shape index (κ1) is 16.1. The first-order valence-electron chi connectivity index (χ1n) is 7.65. The van der Waals surface area contributed by atoms with Crippen molar-refractivity contribution < 1.29 is 4.74 Å². The van der Waals surface area contributed by atoms with Crippen molar-refractivity contribution in [3.63, 3.8) is 0 Å². The van der Waals surface area contributed by atoms with Crippen molar-refractivity contribution in [3.8, 4) is 5.75 Å². The van der Waals surface area contributed by atoms with Crippen LogP contribution in [0.3, 0.4) is 0 Å². The molecular weight excluding hydrogens is 278 g/mol. The summed E-state index contributed by atoms with van der Waals surface area (Å²) in [6, 6.07) is 7.86. The summed E-state index contributed by atoms with van der Waals surface area (Å²) in [7, 11) is 1.65. The lowest BCUT2D eigenvalue weighted by Crippen LogP contribution is -2.27. The Labute approximate surface area is 130 Å². The lowest BCUT2D eigenvalue weighted by Gasteiger charge is -2.12. The summed E-state index contributed by atoms with van der Waals surface area (Å²) in [4.78, 5) is 12.3. The van der Waals surface area contributed by atoms with Crippen LogP contribution in [0.15, 0.2) is 35.3 Å². The van der Waals surface area contributed by atoms with Crippen molar-refractivity contribution in [2.75, 3.05) is 12.4 Å². The van der Waals surface area contributed by atoms with E-state index in [9.17, 15) is 4.79 Å². The second kappa shape index (κ2) is 7.64. The van der Waals surface area contributed by atoms with Gasteiger partial charge in [0.2, 0.25) is 0 Å². The molecule has 0 bridgehead atoms. The molecule has 0 atom stereocenters. The molecule has 0 spiro atoms. The van der Waals surface area contributed by atoms with Gasteiger partial charge < -0.3 is 10.1 Å². The normalized spacial score (nSPS) is 10.5. The van der Waals surface area contributed by atoms with Crippen molar-refractivity contribution in [1.29, 1.82) is 0 Å². The molecule has 2 aromatic rings. The molecule has 1 aromatic heterocycles.